The Labute approximate surface area is 97.0 Å². The van der Waals surface area contributed by atoms with E-state index < -0.39 is 0 Å². The molecule has 1 aromatic rings. The largest absolute Gasteiger partial charge is 0.383 e. The van der Waals surface area contributed by atoms with E-state index >= 15 is 0 Å². The molecule has 0 bridgehead atoms. The SMILES string of the molecule is COCCNc1nc(C)cn1C1CC(C)C1. The van der Waals surface area contributed by atoms with Gasteiger partial charge in [-0.25, -0.2) is 4.98 Å². The van der Waals surface area contributed by atoms with E-state index in [1.165, 1.54) is 12.8 Å². The van der Waals surface area contributed by atoms with Crippen LogP contribution in [0.2, 0.25) is 0 Å². The molecule has 0 spiro atoms. The number of methoxy groups -OCH3 is 1. The molecule has 1 fully saturated rings. The molecule has 0 amide bonds. The van der Waals surface area contributed by atoms with Gasteiger partial charge in [-0.05, 0) is 25.7 Å². The molecule has 4 heteroatoms. The number of imidazole rings is 1. The van der Waals surface area contributed by atoms with Crippen molar-refractivity contribution in [3.05, 3.63) is 11.9 Å². The molecule has 4 nitrogen and oxygen atoms in total. The van der Waals surface area contributed by atoms with Crippen LogP contribution >= 0.6 is 0 Å². The lowest BCUT2D eigenvalue weighted by molar-refractivity contribution is 0.208. The summed E-state index contributed by atoms with van der Waals surface area (Å²) in [5.74, 6) is 1.85. The van der Waals surface area contributed by atoms with Crippen molar-refractivity contribution in [2.75, 3.05) is 25.6 Å². The van der Waals surface area contributed by atoms with E-state index in [1.54, 1.807) is 7.11 Å². The van der Waals surface area contributed by atoms with Crippen LogP contribution in [-0.2, 0) is 4.74 Å². The first-order valence-corrected chi connectivity index (χ1v) is 5.99. The number of aryl methyl sites for hydroxylation is 1. The van der Waals surface area contributed by atoms with E-state index in [-0.39, 0.29) is 0 Å². The summed E-state index contributed by atoms with van der Waals surface area (Å²) in [6.45, 7) is 5.88. The fraction of sp³-hybridized carbons (Fsp3) is 0.750. The van der Waals surface area contributed by atoms with Gasteiger partial charge in [0.05, 0.1) is 12.3 Å². The third-order valence-electron chi connectivity index (χ3n) is 3.18. The summed E-state index contributed by atoms with van der Waals surface area (Å²) in [7, 11) is 1.72. The summed E-state index contributed by atoms with van der Waals surface area (Å²) in [5.41, 5.74) is 1.08. The van der Waals surface area contributed by atoms with Crippen LogP contribution in [0.5, 0.6) is 0 Å². The van der Waals surface area contributed by atoms with Crippen molar-refractivity contribution in [2.24, 2.45) is 5.92 Å². The first-order chi connectivity index (χ1) is 7.70. The number of nitrogens with zero attached hydrogens (tertiary/aromatic N) is 2. The minimum absolute atomic E-state index is 0.640. The Kier molecular flexibility index (Phi) is 3.49. The second-order valence-corrected chi connectivity index (χ2v) is 4.76. The van der Waals surface area contributed by atoms with Crippen LogP contribution < -0.4 is 5.32 Å². The van der Waals surface area contributed by atoms with Crippen LogP contribution in [0.1, 0.15) is 31.5 Å². The number of nitrogens with one attached hydrogen (secondary N) is 1. The highest BCUT2D eigenvalue weighted by Crippen LogP contribution is 2.38. The molecule has 1 saturated carbocycles. The Morgan fingerprint density at radius 1 is 1.56 bits per heavy atom. The van der Waals surface area contributed by atoms with Crippen molar-refractivity contribution in [1.82, 2.24) is 9.55 Å². The van der Waals surface area contributed by atoms with E-state index in [4.69, 9.17) is 4.74 Å². The topological polar surface area (TPSA) is 39.1 Å². The van der Waals surface area contributed by atoms with Gasteiger partial charge in [0.2, 0.25) is 5.95 Å². The van der Waals surface area contributed by atoms with E-state index in [2.05, 4.69) is 28.0 Å². The summed E-state index contributed by atoms with van der Waals surface area (Å²) < 4.78 is 7.31. The fourth-order valence-electron chi connectivity index (χ4n) is 2.28. The van der Waals surface area contributed by atoms with Crippen molar-refractivity contribution >= 4 is 5.95 Å². The first-order valence-electron chi connectivity index (χ1n) is 5.99. The Morgan fingerprint density at radius 3 is 2.94 bits per heavy atom. The third-order valence-corrected chi connectivity index (χ3v) is 3.18. The van der Waals surface area contributed by atoms with E-state index in [0.29, 0.717) is 12.6 Å². The maximum absolute atomic E-state index is 5.03. The highest BCUT2D eigenvalue weighted by Gasteiger charge is 2.28. The smallest absolute Gasteiger partial charge is 0.203 e. The van der Waals surface area contributed by atoms with Crippen molar-refractivity contribution < 1.29 is 4.74 Å². The zero-order valence-corrected chi connectivity index (χ0v) is 10.4. The molecule has 0 aliphatic heterocycles. The molecule has 0 saturated heterocycles. The summed E-state index contributed by atoms with van der Waals surface area (Å²) in [5, 5.41) is 3.33. The number of hydrogen-bond donors (Lipinski definition) is 1. The predicted octanol–water partition coefficient (Wildman–Crippen LogP) is 2.22. The molecular formula is C12H21N3O. The molecule has 0 atom stereocenters. The van der Waals surface area contributed by atoms with E-state index in [1.807, 2.05) is 6.92 Å². The van der Waals surface area contributed by atoms with Gasteiger partial charge in [-0.3, -0.25) is 0 Å². The lowest BCUT2D eigenvalue weighted by atomic mass is 9.82. The first kappa shape index (κ1) is 11.5. The van der Waals surface area contributed by atoms with Gasteiger partial charge in [0, 0.05) is 25.9 Å². The summed E-state index contributed by atoms with van der Waals surface area (Å²) in [6, 6.07) is 0.640. The van der Waals surface area contributed by atoms with Gasteiger partial charge in [-0.2, -0.15) is 0 Å². The molecule has 1 aliphatic carbocycles. The molecule has 1 aromatic heterocycles. The molecule has 0 radical (unpaired) electrons. The van der Waals surface area contributed by atoms with Crippen LogP contribution in [0.3, 0.4) is 0 Å². The zero-order valence-electron chi connectivity index (χ0n) is 10.4. The van der Waals surface area contributed by atoms with Crippen molar-refractivity contribution in [1.29, 1.82) is 0 Å². The van der Waals surface area contributed by atoms with Crippen molar-refractivity contribution in [2.45, 2.75) is 32.7 Å². The van der Waals surface area contributed by atoms with Crippen molar-refractivity contribution in [3.63, 3.8) is 0 Å². The molecule has 0 unspecified atom stereocenters. The lowest BCUT2D eigenvalue weighted by Crippen LogP contribution is -2.26. The highest BCUT2D eigenvalue weighted by molar-refractivity contribution is 5.30. The van der Waals surface area contributed by atoms with Gasteiger partial charge in [0.25, 0.3) is 0 Å². The van der Waals surface area contributed by atoms with E-state index in [0.717, 1.165) is 24.1 Å². The van der Waals surface area contributed by atoms with Crippen LogP contribution in [-0.4, -0.2) is 29.8 Å². The van der Waals surface area contributed by atoms with Gasteiger partial charge < -0.3 is 14.6 Å². The fourth-order valence-corrected chi connectivity index (χ4v) is 2.28. The third kappa shape index (κ3) is 2.38. The van der Waals surface area contributed by atoms with Crippen LogP contribution in [0.4, 0.5) is 5.95 Å². The zero-order chi connectivity index (χ0) is 11.5. The number of ether oxygens (including phenoxy) is 1. The molecule has 1 aliphatic rings. The normalized spacial score (nSPS) is 24.2. The quantitative estimate of drug-likeness (QED) is 0.778. The average molecular weight is 223 g/mol. The van der Waals surface area contributed by atoms with Crippen LogP contribution in [0, 0.1) is 12.8 Å². The van der Waals surface area contributed by atoms with Gasteiger partial charge in [-0.15, -0.1) is 0 Å². The standard InChI is InChI=1S/C12H21N3O/c1-9-6-11(7-9)15-8-10(2)14-12(15)13-4-5-16-3/h8-9,11H,4-7H2,1-3H3,(H,13,14). The maximum atomic E-state index is 5.03. The second-order valence-electron chi connectivity index (χ2n) is 4.76. The van der Waals surface area contributed by atoms with E-state index in [9.17, 15) is 0 Å². The Balaban J connectivity index is 1.99. The monoisotopic (exact) mass is 223 g/mol. The number of hydrogen-bond acceptors (Lipinski definition) is 3. The van der Waals surface area contributed by atoms with Crippen LogP contribution in [0.25, 0.3) is 0 Å². The Bertz CT molecular complexity index is 342. The second kappa shape index (κ2) is 4.87. The average Bonchev–Trinajstić information content (AvgIpc) is 2.55. The number of rotatable bonds is 5. The van der Waals surface area contributed by atoms with Gasteiger partial charge in [0.1, 0.15) is 0 Å². The molecule has 2 rings (SSSR count). The predicted molar refractivity (Wildman–Crippen MR) is 64.8 cm³/mol. The van der Waals surface area contributed by atoms with Gasteiger partial charge in [0.15, 0.2) is 0 Å². The Morgan fingerprint density at radius 2 is 2.31 bits per heavy atom. The van der Waals surface area contributed by atoms with Crippen LogP contribution in [0.15, 0.2) is 6.20 Å². The highest BCUT2D eigenvalue weighted by atomic mass is 16.5. The minimum Gasteiger partial charge on any atom is -0.383 e. The molecule has 90 valence electrons. The summed E-state index contributed by atoms with van der Waals surface area (Å²) in [4.78, 5) is 4.51. The van der Waals surface area contributed by atoms with Crippen molar-refractivity contribution in [3.8, 4) is 0 Å². The number of aromatic nitrogens is 2. The summed E-state index contributed by atoms with van der Waals surface area (Å²) in [6.07, 6.45) is 4.69. The lowest BCUT2D eigenvalue weighted by Gasteiger charge is -2.34. The molecule has 16 heavy (non-hydrogen) atoms. The summed E-state index contributed by atoms with van der Waals surface area (Å²) >= 11 is 0. The Hall–Kier alpha value is -1.03. The maximum Gasteiger partial charge on any atom is 0.203 e. The number of anilines is 1. The van der Waals surface area contributed by atoms with Gasteiger partial charge >= 0.3 is 0 Å². The molecule has 1 N–H and O–H groups in total. The molecule has 0 aromatic carbocycles. The molecule has 1 heterocycles. The van der Waals surface area contributed by atoms with Gasteiger partial charge in [-0.1, -0.05) is 6.92 Å². The molecular weight excluding hydrogens is 202 g/mol. The minimum atomic E-state index is 0.640.